The molecular weight excluding hydrogens is 635 g/mol. The van der Waals surface area contributed by atoms with Crippen LogP contribution in [0.5, 0.6) is 0 Å². The summed E-state index contributed by atoms with van der Waals surface area (Å²) in [5, 5.41) is 2.24. The van der Waals surface area contributed by atoms with Crippen LogP contribution >= 0.6 is 0 Å². The maximum atomic E-state index is 5.12. The summed E-state index contributed by atoms with van der Waals surface area (Å²) < 4.78 is 0. The van der Waals surface area contributed by atoms with E-state index >= 15 is 0 Å². The fourth-order valence-corrected chi connectivity index (χ4v) is 7.01. The smallest absolute Gasteiger partial charge is 0.164 e. The van der Waals surface area contributed by atoms with E-state index in [1.54, 1.807) is 0 Å². The van der Waals surface area contributed by atoms with Crippen molar-refractivity contribution in [2.45, 2.75) is 26.7 Å². The number of nitrogens with zero attached hydrogens (tertiary/aromatic N) is 5. The zero-order chi connectivity index (χ0) is 35.0. The highest BCUT2D eigenvalue weighted by Gasteiger charge is 2.17. The molecule has 0 atom stereocenters. The molecule has 0 radical (unpaired) electrons. The van der Waals surface area contributed by atoms with Gasteiger partial charge in [-0.15, -0.1) is 0 Å². The zero-order valence-corrected chi connectivity index (χ0v) is 29.1. The highest BCUT2D eigenvalue weighted by molar-refractivity contribution is 6.04. The lowest BCUT2D eigenvalue weighted by Crippen LogP contribution is -2.04. The van der Waals surface area contributed by atoms with E-state index in [-0.39, 0.29) is 0 Å². The minimum absolute atomic E-state index is 0.666. The van der Waals surface area contributed by atoms with Crippen molar-refractivity contribution in [2.24, 2.45) is 0 Å². The molecule has 1 aliphatic carbocycles. The first-order chi connectivity index (χ1) is 25.6. The van der Waals surface area contributed by atoms with E-state index in [9.17, 15) is 0 Å². The fraction of sp³-hybridized carbons (Fsp3) is 0.0851. The van der Waals surface area contributed by atoms with Crippen molar-refractivity contribution in [1.82, 2.24) is 24.9 Å². The first-order valence-electron chi connectivity index (χ1n) is 17.7. The van der Waals surface area contributed by atoms with E-state index < -0.39 is 0 Å². The number of hydrogen-bond donors (Lipinski definition) is 0. The van der Waals surface area contributed by atoms with Gasteiger partial charge in [-0.2, -0.15) is 0 Å². The average molecular weight is 670 g/mol. The molecule has 0 amide bonds. The molecule has 1 aliphatic rings. The van der Waals surface area contributed by atoms with Crippen LogP contribution in [0, 0.1) is 13.8 Å². The number of aromatic nitrogens is 5. The third-order valence-electron chi connectivity index (χ3n) is 9.89. The monoisotopic (exact) mass is 669 g/mol. The Morgan fingerprint density at radius 1 is 0.404 bits per heavy atom. The normalized spacial score (nSPS) is 12.9. The van der Waals surface area contributed by atoms with Gasteiger partial charge in [-0.05, 0) is 72.2 Å². The van der Waals surface area contributed by atoms with Crippen LogP contribution in [-0.2, 0) is 0 Å². The summed E-state index contributed by atoms with van der Waals surface area (Å²) >= 11 is 0. The van der Waals surface area contributed by atoms with Crippen LogP contribution in [0.1, 0.15) is 35.5 Å². The summed E-state index contributed by atoms with van der Waals surface area (Å²) in [6.45, 7) is 4.17. The van der Waals surface area contributed by atoms with Crippen molar-refractivity contribution in [3.8, 4) is 45.2 Å². The third kappa shape index (κ3) is 6.07. The highest BCUT2D eigenvalue weighted by atomic mass is 15.0. The van der Waals surface area contributed by atoms with E-state index in [0.717, 1.165) is 85.3 Å². The molecule has 0 spiro atoms. The Hall–Kier alpha value is -6.59. The molecule has 3 heterocycles. The molecule has 3 aromatic heterocycles. The molecular formula is C47H35N5. The van der Waals surface area contributed by atoms with Gasteiger partial charge in [-0.25, -0.2) is 19.9 Å². The van der Waals surface area contributed by atoms with Crippen LogP contribution in [0.25, 0.3) is 78.1 Å². The van der Waals surface area contributed by atoms with Crippen LogP contribution in [-0.4, -0.2) is 24.9 Å². The second-order valence-electron chi connectivity index (χ2n) is 13.4. The number of fused-ring (bicyclic) bond motifs is 3. The Bertz CT molecular complexity index is 2660. The maximum absolute atomic E-state index is 5.12. The Labute approximate surface area is 303 Å². The number of pyridine rings is 2. The lowest BCUT2D eigenvalue weighted by molar-refractivity contribution is 0.985. The summed E-state index contributed by atoms with van der Waals surface area (Å²) in [4.78, 5) is 24.9. The fourth-order valence-electron chi connectivity index (χ4n) is 7.01. The van der Waals surface area contributed by atoms with Gasteiger partial charge in [0.05, 0.1) is 16.7 Å². The van der Waals surface area contributed by atoms with Crippen molar-refractivity contribution >= 4 is 33.0 Å². The summed E-state index contributed by atoms with van der Waals surface area (Å²) in [6.07, 6.45) is 6.18. The molecule has 0 aliphatic heterocycles. The minimum Gasteiger partial charge on any atom is -0.251 e. The van der Waals surface area contributed by atoms with Crippen molar-refractivity contribution in [3.63, 3.8) is 0 Å². The molecule has 5 nitrogen and oxygen atoms in total. The Kier molecular flexibility index (Phi) is 8.01. The summed E-state index contributed by atoms with van der Waals surface area (Å²) in [6, 6.07) is 48.5. The molecule has 0 unspecified atom stereocenters. The van der Waals surface area contributed by atoms with Gasteiger partial charge in [0.25, 0.3) is 0 Å². The average Bonchev–Trinajstić information content (AvgIpc) is 3.21. The number of aryl methyl sites for hydroxylation is 2. The first kappa shape index (κ1) is 31.4. The van der Waals surface area contributed by atoms with E-state index in [1.807, 2.05) is 43.3 Å². The predicted molar refractivity (Wildman–Crippen MR) is 213 cm³/mol. The van der Waals surface area contributed by atoms with Gasteiger partial charge in [0, 0.05) is 33.2 Å². The van der Waals surface area contributed by atoms with Crippen molar-refractivity contribution < 1.29 is 0 Å². The quantitative estimate of drug-likeness (QED) is 0.165. The van der Waals surface area contributed by atoms with Gasteiger partial charge in [0.15, 0.2) is 17.5 Å². The molecule has 0 saturated heterocycles. The topological polar surface area (TPSA) is 64.5 Å². The van der Waals surface area contributed by atoms with E-state index in [1.165, 1.54) is 16.7 Å². The number of rotatable bonds is 6. The van der Waals surface area contributed by atoms with Crippen molar-refractivity contribution in [1.29, 1.82) is 0 Å². The predicted octanol–water partition coefficient (Wildman–Crippen LogP) is 11.5. The van der Waals surface area contributed by atoms with Crippen LogP contribution in [0.15, 0.2) is 152 Å². The van der Waals surface area contributed by atoms with E-state index in [0.29, 0.717) is 11.6 Å². The van der Waals surface area contributed by atoms with Crippen LogP contribution in [0.3, 0.4) is 0 Å². The van der Waals surface area contributed by atoms with Gasteiger partial charge >= 0.3 is 0 Å². The third-order valence-corrected chi connectivity index (χ3v) is 9.89. The lowest BCUT2D eigenvalue weighted by Gasteiger charge is -2.15. The molecule has 248 valence electrons. The molecule has 5 heteroatoms. The molecule has 0 saturated carbocycles. The molecule has 8 aromatic rings. The zero-order valence-electron chi connectivity index (χ0n) is 29.1. The van der Waals surface area contributed by atoms with Gasteiger partial charge in [0.1, 0.15) is 0 Å². The second-order valence-corrected chi connectivity index (χ2v) is 13.4. The highest BCUT2D eigenvalue weighted by Crippen LogP contribution is 2.34. The second kappa shape index (κ2) is 13.3. The number of allylic oxidation sites excluding steroid dienone is 4. The van der Waals surface area contributed by atoms with Crippen LogP contribution < -0.4 is 0 Å². The maximum Gasteiger partial charge on any atom is 0.164 e. The molecule has 0 N–H and O–H groups in total. The lowest BCUT2D eigenvalue weighted by atomic mass is 9.93. The van der Waals surface area contributed by atoms with E-state index in [4.69, 9.17) is 24.9 Å². The van der Waals surface area contributed by atoms with Crippen LogP contribution in [0.4, 0.5) is 0 Å². The Morgan fingerprint density at radius 3 is 1.60 bits per heavy atom. The molecule has 9 rings (SSSR count). The molecule has 52 heavy (non-hydrogen) atoms. The summed E-state index contributed by atoms with van der Waals surface area (Å²) in [5.74, 6) is 2.07. The Balaban J connectivity index is 1.02. The molecule has 0 fully saturated rings. The minimum atomic E-state index is 0.666. The van der Waals surface area contributed by atoms with Crippen LogP contribution in [0.2, 0.25) is 0 Å². The summed E-state index contributed by atoms with van der Waals surface area (Å²) in [7, 11) is 0. The van der Waals surface area contributed by atoms with Gasteiger partial charge < -0.3 is 0 Å². The van der Waals surface area contributed by atoms with E-state index in [2.05, 4.69) is 122 Å². The first-order valence-corrected chi connectivity index (χ1v) is 17.7. The van der Waals surface area contributed by atoms with Gasteiger partial charge in [0.2, 0.25) is 0 Å². The largest absolute Gasteiger partial charge is 0.251 e. The van der Waals surface area contributed by atoms with Gasteiger partial charge in [-0.1, -0.05) is 140 Å². The van der Waals surface area contributed by atoms with Gasteiger partial charge in [-0.3, -0.25) is 4.98 Å². The number of hydrogen-bond acceptors (Lipinski definition) is 5. The molecule has 0 bridgehead atoms. The number of benzene rings is 5. The summed E-state index contributed by atoms with van der Waals surface area (Å²) in [5.41, 5.74) is 14.0. The van der Waals surface area contributed by atoms with Crippen molar-refractivity contribution in [2.75, 3.05) is 0 Å². The Morgan fingerprint density at radius 2 is 0.942 bits per heavy atom. The molecule has 5 aromatic carbocycles. The standard InChI is InChI=1S/C47H35N5/c1-30-29-42(49-44-41(30)28-27-37-14-13-31(2)48-43(37)44)36-21-15-34(16-22-36)35-19-25-40(26-20-35)47-51-45(38-11-7-4-8-12-38)50-46(52-47)39-23-17-33(18-24-39)32-9-5-3-6-10-32/h3-17,19-23,25-29H,18,24H2,1-2H3. The van der Waals surface area contributed by atoms with Crippen molar-refractivity contribution in [3.05, 3.63) is 174 Å². The SMILES string of the molecule is Cc1ccc2ccc3c(C)cc(-c4ccc(-c5ccc(-c6nc(C7=CC=C(c8ccccc8)CC7)nc(-c7ccccc7)n6)cc5)cc4)nc3c2n1.